The van der Waals surface area contributed by atoms with Crippen molar-refractivity contribution < 1.29 is 37.3 Å². The Morgan fingerprint density at radius 1 is 0.525 bits per heavy atom. The molecule has 0 heterocycles. The summed E-state index contributed by atoms with van der Waals surface area (Å²) >= 11 is 0. The molecule has 0 amide bonds. The molecule has 0 saturated carbocycles. The fourth-order valence-corrected chi connectivity index (χ4v) is 7.46. The van der Waals surface area contributed by atoms with Crippen LogP contribution in [0.2, 0.25) is 0 Å². The number of carbonyl (C=O) groups is 1. The van der Waals surface area contributed by atoms with E-state index in [1.807, 2.05) is 21.1 Å². The topological polar surface area (TPSA) is 91.3 Å². The third-order valence-electron chi connectivity index (χ3n) is 10.6. The van der Waals surface area contributed by atoms with Crippen LogP contribution in [0.4, 0.5) is 0 Å². The highest BCUT2D eigenvalue weighted by atomic mass is 31.2. The predicted molar refractivity (Wildman–Crippen MR) is 261 cm³/mol. The van der Waals surface area contributed by atoms with Gasteiger partial charge < -0.3 is 18.9 Å². The summed E-state index contributed by atoms with van der Waals surface area (Å²) in [6.45, 7) is 5.49. The maximum atomic E-state index is 12.8. The largest absolute Gasteiger partial charge is 0.472 e. The molecule has 0 aliphatic carbocycles. The Bertz CT molecular complexity index is 1160. The number of rotatable bonds is 46. The van der Waals surface area contributed by atoms with E-state index in [4.69, 9.17) is 18.5 Å². The maximum absolute atomic E-state index is 12.8. The molecule has 2 atom stereocenters. The van der Waals surface area contributed by atoms with Gasteiger partial charge in [0.2, 0.25) is 0 Å². The molecule has 0 aliphatic heterocycles. The molecule has 0 aromatic rings. The van der Waals surface area contributed by atoms with Crippen molar-refractivity contribution in [2.24, 2.45) is 0 Å². The Labute approximate surface area is 377 Å². The number of carbonyl (C=O) groups excluding carboxylic acids is 1. The fourth-order valence-electron chi connectivity index (χ4n) is 6.72. The summed E-state index contributed by atoms with van der Waals surface area (Å²) in [6, 6.07) is 0. The Morgan fingerprint density at radius 2 is 0.951 bits per heavy atom. The second-order valence-electron chi connectivity index (χ2n) is 17.8. The first-order valence-electron chi connectivity index (χ1n) is 25.0. The molecule has 0 radical (unpaired) electrons. The Hall–Kier alpha value is -1.80. The number of likely N-dealkylation sites (N-methyl/N-ethyl adjacent to an activating group) is 1. The number of unbranched alkanes of at least 4 members (excludes halogenated alkanes) is 22. The van der Waals surface area contributed by atoms with Gasteiger partial charge in [-0.2, -0.15) is 0 Å². The number of esters is 1. The molecule has 0 aliphatic rings. The summed E-state index contributed by atoms with van der Waals surface area (Å²) in [4.78, 5) is 23.0. The minimum Gasteiger partial charge on any atom is -0.457 e. The lowest BCUT2D eigenvalue weighted by molar-refractivity contribution is -0.870. The second kappa shape index (κ2) is 44.8. The lowest BCUT2D eigenvalue weighted by atomic mass is 10.1. The van der Waals surface area contributed by atoms with E-state index >= 15 is 0 Å². The molecule has 8 nitrogen and oxygen atoms in total. The second-order valence-corrected chi connectivity index (χ2v) is 19.3. The highest BCUT2D eigenvalue weighted by molar-refractivity contribution is 7.47. The van der Waals surface area contributed by atoms with Crippen molar-refractivity contribution in [1.29, 1.82) is 0 Å². The van der Waals surface area contributed by atoms with Crippen molar-refractivity contribution in [2.75, 3.05) is 54.1 Å². The average Bonchev–Trinajstić information content (AvgIpc) is 3.22. The quantitative estimate of drug-likeness (QED) is 0.0214. The lowest BCUT2D eigenvalue weighted by Gasteiger charge is -2.24. The lowest BCUT2D eigenvalue weighted by Crippen LogP contribution is -2.37. The van der Waals surface area contributed by atoms with E-state index < -0.39 is 13.9 Å². The van der Waals surface area contributed by atoms with Gasteiger partial charge in [-0.15, -0.1) is 0 Å². The summed E-state index contributed by atoms with van der Waals surface area (Å²) in [5.74, 6) is -0.321. The maximum Gasteiger partial charge on any atom is 0.472 e. The zero-order valence-corrected chi connectivity index (χ0v) is 41.3. The number of quaternary nitrogens is 1. The van der Waals surface area contributed by atoms with Gasteiger partial charge in [-0.1, -0.05) is 184 Å². The number of hydrogen-bond donors (Lipinski definition) is 1. The summed E-state index contributed by atoms with van der Waals surface area (Å²) < 4.78 is 35.1. The Morgan fingerprint density at radius 3 is 1.43 bits per heavy atom. The minimum absolute atomic E-state index is 0.0840. The van der Waals surface area contributed by atoms with Crippen molar-refractivity contribution in [3.63, 3.8) is 0 Å². The number of phosphoric acid groups is 1. The van der Waals surface area contributed by atoms with Crippen molar-refractivity contribution in [3.8, 4) is 0 Å². The molecule has 0 fully saturated rings. The van der Waals surface area contributed by atoms with Crippen LogP contribution >= 0.6 is 7.82 Å². The molecular weight excluding hydrogens is 782 g/mol. The summed E-state index contributed by atoms with van der Waals surface area (Å²) in [5, 5.41) is 0. The first kappa shape index (κ1) is 59.2. The van der Waals surface area contributed by atoms with E-state index in [1.54, 1.807) is 0 Å². The smallest absolute Gasteiger partial charge is 0.457 e. The third-order valence-corrected chi connectivity index (χ3v) is 11.5. The van der Waals surface area contributed by atoms with E-state index in [-0.39, 0.29) is 25.8 Å². The monoisotopic (exact) mass is 879 g/mol. The van der Waals surface area contributed by atoms with Crippen molar-refractivity contribution in [2.45, 2.75) is 213 Å². The van der Waals surface area contributed by atoms with Gasteiger partial charge >= 0.3 is 13.8 Å². The van der Waals surface area contributed by atoms with Gasteiger partial charge in [-0.25, -0.2) is 4.57 Å². The van der Waals surface area contributed by atoms with Crippen LogP contribution in [0.1, 0.15) is 206 Å². The standard InChI is InChI=1S/C52H96NO7P/c1-6-8-10-12-14-16-18-20-22-24-26-27-28-29-31-33-35-37-39-41-43-45-52(54)60-51(50-59-61(55,56)58-48-46-53(3,4)5)49-57-47-44-42-40-38-36-34-32-30-25-23-21-19-17-15-13-11-9-7-2/h9,11,15,17-18,20-21,23-24,26,51H,6-8,10,12-14,16,19,22,25,27-50H2,1-5H3/p+1/b11-9-,17-15-,20-18-,23-21-,26-24-. The van der Waals surface area contributed by atoms with E-state index in [0.717, 1.165) is 57.8 Å². The first-order chi connectivity index (χ1) is 29.6. The first-order valence-corrected chi connectivity index (χ1v) is 26.5. The molecule has 0 aromatic carbocycles. The van der Waals surface area contributed by atoms with Gasteiger partial charge in [0.25, 0.3) is 0 Å². The summed E-state index contributed by atoms with van der Waals surface area (Å²) in [7, 11) is 1.65. The molecule has 1 N–H and O–H groups in total. The molecule has 0 spiro atoms. The van der Waals surface area contributed by atoms with Crippen LogP contribution < -0.4 is 0 Å². The van der Waals surface area contributed by atoms with Crippen LogP contribution in [0.25, 0.3) is 0 Å². The SMILES string of the molecule is CC/C=C\C/C=C\C/C=C\CCCCCCCCCCOCC(COP(=O)(O)OCC[N+](C)(C)C)OC(=O)CCCCCCCCCCC/C=C\C/C=C\CCCCCCC. The van der Waals surface area contributed by atoms with E-state index in [2.05, 4.69) is 74.6 Å². The van der Waals surface area contributed by atoms with Gasteiger partial charge in [-0.05, 0) is 77.0 Å². The molecule has 9 heteroatoms. The van der Waals surface area contributed by atoms with Gasteiger partial charge in [0.15, 0.2) is 0 Å². The van der Waals surface area contributed by atoms with Crippen LogP contribution in [0.5, 0.6) is 0 Å². The summed E-state index contributed by atoms with van der Waals surface area (Å²) in [5.41, 5.74) is 0. The van der Waals surface area contributed by atoms with E-state index in [9.17, 15) is 14.3 Å². The number of allylic oxidation sites excluding steroid dienone is 10. The predicted octanol–water partition coefficient (Wildman–Crippen LogP) is 15.3. The highest BCUT2D eigenvalue weighted by Gasteiger charge is 2.26. The van der Waals surface area contributed by atoms with Crippen LogP contribution in [-0.2, 0) is 27.9 Å². The van der Waals surface area contributed by atoms with Crippen molar-refractivity contribution in [1.82, 2.24) is 0 Å². The zero-order chi connectivity index (χ0) is 44.8. The zero-order valence-electron chi connectivity index (χ0n) is 40.4. The number of hydrogen-bond acceptors (Lipinski definition) is 6. The van der Waals surface area contributed by atoms with Crippen molar-refractivity contribution in [3.05, 3.63) is 60.8 Å². The molecule has 0 rings (SSSR count). The molecule has 0 saturated heterocycles. The van der Waals surface area contributed by atoms with Gasteiger partial charge in [0, 0.05) is 13.0 Å². The Balaban J connectivity index is 4.18. The van der Waals surface area contributed by atoms with Gasteiger partial charge in [0.05, 0.1) is 34.4 Å². The Kier molecular flexibility index (Phi) is 43.5. The molecule has 2 unspecified atom stereocenters. The van der Waals surface area contributed by atoms with Crippen LogP contribution in [0, 0.1) is 0 Å². The van der Waals surface area contributed by atoms with Crippen molar-refractivity contribution >= 4 is 13.8 Å². The fraction of sp³-hybridized carbons (Fsp3) is 0.788. The van der Waals surface area contributed by atoms with Gasteiger partial charge in [0.1, 0.15) is 19.3 Å². The minimum atomic E-state index is -4.29. The summed E-state index contributed by atoms with van der Waals surface area (Å²) in [6.07, 6.45) is 56.9. The van der Waals surface area contributed by atoms with E-state index in [0.29, 0.717) is 24.1 Å². The third kappa shape index (κ3) is 49.1. The number of nitrogens with zero attached hydrogens (tertiary/aromatic N) is 1. The molecular formula is C52H97NO7P+. The van der Waals surface area contributed by atoms with Gasteiger partial charge in [-0.3, -0.25) is 13.8 Å². The van der Waals surface area contributed by atoms with Crippen LogP contribution in [0.15, 0.2) is 60.8 Å². The normalized spacial score (nSPS) is 14.1. The molecule has 61 heavy (non-hydrogen) atoms. The number of ether oxygens (including phenoxy) is 2. The molecule has 0 aromatic heterocycles. The molecule has 356 valence electrons. The van der Waals surface area contributed by atoms with Crippen LogP contribution in [-0.4, -0.2) is 75.6 Å². The average molecular weight is 879 g/mol. The number of phosphoric ester groups is 1. The van der Waals surface area contributed by atoms with E-state index in [1.165, 1.54) is 128 Å². The molecule has 0 bridgehead atoms. The van der Waals surface area contributed by atoms with Crippen LogP contribution in [0.3, 0.4) is 0 Å². The highest BCUT2D eigenvalue weighted by Crippen LogP contribution is 2.43.